The van der Waals surface area contributed by atoms with Gasteiger partial charge in [0, 0.05) is 18.9 Å². The largest absolute Gasteiger partial charge is 0.416 e. The maximum atomic E-state index is 13.4. The van der Waals surface area contributed by atoms with E-state index in [1.165, 1.54) is 19.3 Å². The molecule has 2 aromatic rings. The number of hydrogen-bond donors (Lipinski definition) is 2. The summed E-state index contributed by atoms with van der Waals surface area (Å²) in [4.78, 5) is 36.9. The highest BCUT2D eigenvalue weighted by molar-refractivity contribution is 6.42. The molecule has 31 heavy (non-hydrogen) atoms. The predicted octanol–water partition coefficient (Wildman–Crippen LogP) is 1.92. The fraction of sp³-hybridized carbons (Fsp3) is 0.263. The van der Waals surface area contributed by atoms with Crippen molar-refractivity contribution in [2.45, 2.75) is 11.7 Å². The molecule has 3 rings (SSSR count). The Hall–Kier alpha value is -3.72. The summed E-state index contributed by atoms with van der Waals surface area (Å²) in [6, 6.07) is 5.96. The summed E-state index contributed by atoms with van der Waals surface area (Å²) >= 11 is 0. The lowest BCUT2D eigenvalue weighted by Crippen LogP contribution is -2.71. The zero-order valence-corrected chi connectivity index (χ0v) is 15.8. The second kappa shape index (κ2) is 7.84. The molecule has 0 unspecified atom stereocenters. The van der Waals surface area contributed by atoms with Crippen LogP contribution in [0.3, 0.4) is 0 Å². The monoisotopic (exact) mass is 438 g/mol. The van der Waals surface area contributed by atoms with Gasteiger partial charge in [-0.1, -0.05) is 0 Å². The van der Waals surface area contributed by atoms with Gasteiger partial charge in [-0.3, -0.25) is 14.4 Å². The lowest BCUT2D eigenvalue weighted by atomic mass is 9.96. The van der Waals surface area contributed by atoms with Gasteiger partial charge in [0.1, 0.15) is 11.9 Å². The summed E-state index contributed by atoms with van der Waals surface area (Å²) in [6.45, 7) is -1.61. The number of rotatable bonds is 5. The molecule has 8 nitrogen and oxygen atoms in total. The number of anilines is 1. The number of nitrogens with zero attached hydrogens (tertiary/aromatic N) is 2. The lowest BCUT2D eigenvalue weighted by molar-refractivity contribution is -0.265. The van der Waals surface area contributed by atoms with Crippen LogP contribution < -0.4 is 10.6 Å². The van der Waals surface area contributed by atoms with Crippen LogP contribution in [0.25, 0.3) is 0 Å². The molecule has 0 atom stereocenters. The summed E-state index contributed by atoms with van der Waals surface area (Å²) in [5.74, 6) is -4.28. The van der Waals surface area contributed by atoms with Gasteiger partial charge in [0.2, 0.25) is 0 Å². The van der Waals surface area contributed by atoms with E-state index < -0.39 is 48.3 Å². The minimum atomic E-state index is -4.81. The molecule has 0 bridgehead atoms. The molecule has 0 spiro atoms. The van der Waals surface area contributed by atoms with Crippen molar-refractivity contribution < 1.29 is 36.7 Å². The van der Waals surface area contributed by atoms with Crippen LogP contribution in [0.4, 0.5) is 23.2 Å². The molecule has 1 aliphatic heterocycles. The molecule has 0 saturated carbocycles. The van der Waals surface area contributed by atoms with E-state index in [9.17, 15) is 31.9 Å². The zero-order chi connectivity index (χ0) is 23.0. The van der Waals surface area contributed by atoms with Crippen LogP contribution in [0.15, 0.2) is 30.5 Å². The Kier molecular flexibility index (Phi) is 5.56. The molecule has 2 amide bonds. The summed E-state index contributed by atoms with van der Waals surface area (Å²) in [5, 5.41) is 12.9. The van der Waals surface area contributed by atoms with Crippen LogP contribution >= 0.6 is 0 Å². The molecule has 12 heteroatoms. The minimum Gasteiger partial charge on any atom is -0.376 e. The second-order valence-corrected chi connectivity index (χ2v) is 6.84. The third-order valence-electron chi connectivity index (χ3n) is 4.64. The zero-order valence-electron chi connectivity index (χ0n) is 15.8. The van der Waals surface area contributed by atoms with E-state index in [1.54, 1.807) is 11.4 Å². The van der Waals surface area contributed by atoms with Crippen molar-refractivity contribution >= 4 is 23.3 Å². The number of nitrogens with one attached hydrogen (secondary N) is 2. The molecule has 162 valence electrons. The second-order valence-electron chi connectivity index (χ2n) is 6.84. The average Bonchev–Trinajstić information content (AvgIpc) is 3.06. The van der Waals surface area contributed by atoms with Gasteiger partial charge in [-0.05, 0) is 24.3 Å². The summed E-state index contributed by atoms with van der Waals surface area (Å²) in [5.41, 5.74) is -3.23. The Morgan fingerprint density at radius 1 is 1.23 bits per heavy atom. The van der Waals surface area contributed by atoms with E-state index in [-0.39, 0.29) is 22.5 Å². The molecule has 1 saturated heterocycles. The number of aromatic nitrogens is 1. The van der Waals surface area contributed by atoms with Crippen molar-refractivity contribution in [2.75, 3.05) is 18.5 Å². The third kappa shape index (κ3) is 4.13. The Balaban J connectivity index is 1.75. The Bertz CT molecular complexity index is 1110. The maximum absolute atomic E-state index is 13.4. The number of aryl methyl sites for hydroxylation is 1. The quantitative estimate of drug-likeness (QED) is 0.421. The summed E-state index contributed by atoms with van der Waals surface area (Å²) in [7, 11) is 1.33. The number of halogens is 4. The fourth-order valence-corrected chi connectivity index (χ4v) is 2.81. The van der Waals surface area contributed by atoms with Gasteiger partial charge < -0.3 is 19.9 Å². The van der Waals surface area contributed by atoms with Crippen LogP contribution in [-0.4, -0.2) is 47.1 Å². The lowest BCUT2D eigenvalue weighted by Gasteiger charge is -2.42. The summed E-state index contributed by atoms with van der Waals surface area (Å²) in [6.07, 6.45) is -3.62. The first kappa shape index (κ1) is 22.0. The predicted molar refractivity (Wildman–Crippen MR) is 96.6 cm³/mol. The van der Waals surface area contributed by atoms with Crippen LogP contribution in [0, 0.1) is 17.1 Å². The van der Waals surface area contributed by atoms with Gasteiger partial charge in [-0.2, -0.15) is 18.4 Å². The van der Waals surface area contributed by atoms with Crippen LogP contribution in [0.1, 0.15) is 26.4 Å². The van der Waals surface area contributed by atoms with Crippen molar-refractivity contribution in [3.63, 3.8) is 0 Å². The maximum Gasteiger partial charge on any atom is 0.416 e. The first-order valence-corrected chi connectivity index (χ1v) is 8.66. The molecule has 1 aromatic carbocycles. The topological polar surface area (TPSA) is 113 Å². The number of nitriles is 1. The van der Waals surface area contributed by atoms with Gasteiger partial charge in [0.25, 0.3) is 17.6 Å². The number of amides is 2. The third-order valence-corrected chi connectivity index (χ3v) is 4.64. The van der Waals surface area contributed by atoms with E-state index >= 15 is 0 Å². The van der Waals surface area contributed by atoms with Crippen molar-refractivity contribution in [2.24, 2.45) is 7.05 Å². The van der Waals surface area contributed by atoms with Crippen LogP contribution in [0.2, 0.25) is 0 Å². The highest BCUT2D eigenvalue weighted by Gasteiger charge is 2.61. The number of benzene rings is 1. The van der Waals surface area contributed by atoms with Crippen LogP contribution in [-0.2, 0) is 16.6 Å². The fourth-order valence-electron chi connectivity index (χ4n) is 2.81. The Morgan fingerprint density at radius 2 is 1.90 bits per heavy atom. The van der Waals surface area contributed by atoms with Gasteiger partial charge in [-0.15, -0.1) is 0 Å². The van der Waals surface area contributed by atoms with Crippen molar-refractivity contribution in [3.05, 3.63) is 53.1 Å². The number of hydrogen-bond acceptors (Lipinski definition) is 5. The normalized spacial score (nSPS) is 14.8. The molecule has 2 heterocycles. The number of carbonyl (C=O) groups excluding carboxylic acids is 3. The molecular formula is C19H14F4N4O4. The minimum absolute atomic E-state index is 0.0843. The highest BCUT2D eigenvalue weighted by atomic mass is 19.4. The van der Waals surface area contributed by atoms with E-state index in [2.05, 4.69) is 10.1 Å². The standard InChI is InChI=1S/C19H14F4N4O4/c1-27-7-11(16(29)25-12-2-3-13(20)10(4-12)6-24)5-14(27)15(28)17(30)26-18(8-31-9-18)19(21,22)23/h2-5,7H,8-9H2,1H3,(H,25,29)(H,26,30). The van der Waals surface area contributed by atoms with Gasteiger partial charge in [-0.25, -0.2) is 4.39 Å². The first-order chi connectivity index (χ1) is 14.5. The number of ketones is 1. The number of carbonyl (C=O) groups is 3. The SMILES string of the molecule is Cn1cc(C(=O)Nc2ccc(F)c(C#N)c2)cc1C(=O)C(=O)NC1(C(F)(F)F)COC1. The molecule has 1 aromatic heterocycles. The molecule has 0 radical (unpaired) electrons. The van der Waals surface area contributed by atoms with Crippen molar-refractivity contribution in [1.82, 2.24) is 9.88 Å². The molecule has 1 fully saturated rings. The summed E-state index contributed by atoms with van der Waals surface area (Å²) < 4.78 is 58.5. The van der Waals surface area contributed by atoms with E-state index in [1.807, 2.05) is 0 Å². The Morgan fingerprint density at radius 3 is 2.45 bits per heavy atom. The Labute approximate surface area is 172 Å². The van der Waals surface area contributed by atoms with Crippen LogP contribution in [0.5, 0.6) is 0 Å². The van der Waals surface area contributed by atoms with E-state index in [4.69, 9.17) is 5.26 Å². The average molecular weight is 438 g/mol. The van der Waals surface area contributed by atoms with Gasteiger partial charge >= 0.3 is 6.18 Å². The van der Waals surface area contributed by atoms with E-state index in [0.29, 0.717) is 0 Å². The van der Waals surface area contributed by atoms with E-state index in [0.717, 1.165) is 22.8 Å². The molecule has 0 aliphatic carbocycles. The molecule has 1 aliphatic rings. The number of ether oxygens (including phenoxy) is 1. The first-order valence-electron chi connectivity index (χ1n) is 8.66. The van der Waals surface area contributed by atoms with Crippen molar-refractivity contribution in [3.8, 4) is 6.07 Å². The van der Waals surface area contributed by atoms with Gasteiger partial charge in [0.15, 0.2) is 5.54 Å². The van der Waals surface area contributed by atoms with Crippen molar-refractivity contribution in [1.29, 1.82) is 5.26 Å². The smallest absolute Gasteiger partial charge is 0.376 e. The number of alkyl halides is 3. The highest BCUT2D eigenvalue weighted by Crippen LogP contribution is 2.36. The number of Topliss-reactive ketones (excluding diaryl/α,β-unsaturated/α-hetero) is 1. The molecular weight excluding hydrogens is 424 g/mol. The van der Waals surface area contributed by atoms with Gasteiger partial charge in [0.05, 0.1) is 30.0 Å². The molecule has 2 N–H and O–H groups in total.